The third-order valence-corrected chi connectivity index (χ3v) is 6.02. The van der Waals surface area contributed by atoms with Gasteiger partial charge in [0.1, 0.15) is 18.0 Å². The second kappa shape index (κ2) is 16.3. The number of allylic oxidation sites excluding steroid dienone is 4. The predicted molar refractivity (Wildman–Crippen MR) is 161 cm³/mol. The monoisotopic (exact) mass is 539 g/mol. The van der Waals surface area contributed by atoms with Crippen LogP contribution in [0, 0.1) is 0 Å². The Morgan fingerprint density at radius 3 is 2.32 bits per heavy atom. The van der Waals surface area contributed by atoms with E-state index in [2.05, 4.69) is 52.3 Å². The zero-order valence-electron chi connectivity index (χ0n) is 23.3. The molecule has 0 radical (unpaired) electrons. The van der Waals surface area contributed by atoms with E-state index in [4.69, 9.17) is 17.3 Å². The van der Waals surface area contributed by atoms with Gasteiger partial charge >= 0.3 is 0 Å². The Balaban J connectivity index is 0.00000161. The molecule has 9 heteroatoms. The molecule has 2 heterocycles. The molecule has 1 aliphatic rings. The molecule has 38 heavy (non-hydrogen) atoms. The topological polar surface area (TPSA) is 99.4 Å². The van der Waals surface area contributed by atoms with Crippen LogP contribution in [0.15, 0.2) is 60.7 Å². The number of hydrogen-bond acceptors (Lipinski definition) is 7. The van der Waals surface area contributed by atoms with E-state index in [1.165, 1.54) is 12.7 Å². The molecule has 206 valence electrons. The van der Waals surface area contributed by atoms with Gasteiger partial charge in [-0.2, -0.15) is 0 Å². The van der Waals surface area contributed by atoms with E-state index in [-0.39, 0.29) is 12.5 Å². The standard InChI is InChI=1S/C26H34ClN7O.C3H8/c1-4-7-22(29-12-5-2)21(6-3)24-25(28)31-18-32-26(24)30-17-23(35)34-15-13-33(14-16-34)20-10-8-19(27)9-11-20;1-3-2/h5-12,18,29H,4,13-17H2,1-3H3,(H3,28,30,31,32);3H2,1-2H3/b12-5-,21-6+,22-7?;. The largest absolute Gasteiger partial charge is 0.383 e. The minimum atomic E-state index is 0.0160. The number of carbonyl (C=O) groups excluding carboxylic acids is 1. The fourth-order valence-corrected chi connectivity index (χ4v) is 4.12. The number of nitrogen functional groups attached to an aromatic ring is 1. The van der Waals surface area contributed by atoms with Crippen molar-refractivity contribution < 1.29 is 4.79 Å². The zero-order chi connectivity index (χ0) is 27.9. The number of aromatic nitrogens is 2. The molecule has 2 aromatic rings. The van der Waals surface area contributed by atoms with Crippen molar-refractivity contribution in [1.29, 1.82) is 0 Å². The summed E-state index contributed by atoms with van der Waals surface area (Å²) in [6.07, 6.45) is 11.3. The van der Waals surface area contributed by atoms with Crippen LogP contribution in [-0.4, -0.2) is 53.5 Å². The van der Waals surface area contributed by atoms with Crippen molar-refractivity contribution >= 4 is 40.4 Å². The molecule has 0 spiro atoms. The van der Waals surface area contributed by atoms with Crippen LogP contribution >= 0.6 is 11.6 Å². The maximum Gasteiger partial charge on any atom is 0.242 e. The number of piperazine rings is 1. The van der Waals surface area contributed by atoms with Gasteiger partial charge in [0.25, 0.3) is 0 Å². The van der Waals surface area contributed by atoms with E-state index in [0.717, 1.165) is 36.5 Å². The smallest absolute Gasteiger partial charge is 0.242 e. The van der Waals surface area contributed by atoms with Gasteiger partial charge in [-0.1, -0.05) is 57.0 Å². The van der Waals surface area contributed by atoms with Gasteiger partial charge in [0.05, 0.1) is 12.1 Å². The average Bonchev–Trinajstić information content (AvgIpc) is 2.92. The molecule has 1 aromatic heterocycles. The Bertz CT molecular complexity index is 1100. The first-order valence-corrected chi connectivity index (χ1v) is 13.6. The second-order valence-electron chi connectivity index (χ2n) is 8.76. The lowest BCUT2D eigenvalue weighted by molar-refractivity contribution is -0.129. The normalized spacial score (nSPS) is 14.3. The second-order valence-corrected chi connectivity index (χ2v) is 9.20. The molecule has 0 saturated carbocycles. The molecule has 0 aliphatic carbocycles. The summed E-state index contributed by atoms with van der Waals surface area (Å²) in [6, 6.07) is 7.79. The van der Waals surface area contributed by atoms with E-state index in [9.17, 15) is 4.79 Å². The Hall–Kier alpha value is -3.52. The molecule has 3 rings (SSSR count). The van der Waals surface area contributed by atoms with E-state index in [0.29, 0.717) is 35.3 Å². The molecular weight excluding hydrogens is 498 g/mol. The van der Waals surface area contributed by atoms with Gasteiger partial charge in [0.2, 0.25) is 5.91 Å². The van der Waals surface area contributed by atoms with Crippen molar-refractivity contribution in [2.24, 2.45) is 0 Å². The van der Waals surface area contributed by atoms with E-state index < -0.39 is 0 Å². The number of nitrogens with two attached hydrogens (primary N) is 1. The number of rotatable bonds is 9. The molecule has 1 aliphatic heterocycles. The molecular formula is C29H42ClN7O. The number of carbonyl (C=O) groups is 1. The highest BCUT2D eigenvalue weighted by atomic mass is 35.5. The Labute approximate surface area is 232 Å². The first-order valence-electron chi connectivity index (χ1n) is 13.3. The van der Waals surface area contributed by atoms with Crippen molar-refractivity contribution in [1.82, 2.24) is 20.2 Å². The number of amides is 1. The summed E-state index contributed by atoms with van der Waals surface area (Å²) in [5.41, 5.74) is 9.84. The lowest BCUT2D eigenvalue weighted by atomic mass is 10.0. The number of anilines is 3. The summed E-state index contributed by atoms with van der Waals surface area (Å²) in [5.74, 6) is 0.897. The number of benzene rings is 1. The van der Waals surface area contributed by atoms with Crippen LogP contribution in [0.5, 0.6) is 0 Å². The van der Waals surface area contributed by atoms with Gasteiger partial charge in [-0.15, -0.1) is 0 Å². The highest BCUT2D eigenvalue weighted by Crippen LogP contribution is 2.31. The van der Waals surface area contributed by atoms with Gasteiger partial charge in [0, 0.05) is 48.2 Å². The fraction of sp³-hybridized carbons (Fsp3) is 0.414. The molecule has 1 saturated heterocycles. The minimum Gasteiger partial charge on any atom is -0.383 e. The minimum absolute atomic E-state index is 0.0160. The van der Waals surface area contributed by atoms with E-state index >= 15 is 0 Å². The lowest BCUT2D eigenvalue weighted by Gasteiger charge is -2.36. The number of hydrogen-bond donors (Lipinski definition) is 3. The van der Waals surface area contributed by atoms with E-state index in [1.807, 2.05) is 61.4 Å². The quantitative estimate of drug-likeness (QED) is 0.351. The summed E-state index contributed by atoms with van der Waals surface area (Å²) in [7, 11) is 0. The van der Waals surface area contributed by atoms with Crippen LogP contribution in [0.1, 0.15) is 53.0 Å². The highest BCUT2D eigenvalue weighted by molar-refractivity contribution is 6.30. The molecule has 1 aromatic carbocycles. The van der Waals surface area contributed by atoms with E-state index in [1.54, 1.807) is 0 Å². The number of nitrogens with one attached hydrogen (secondary N) is 2. The third kappa shape index (κ3) is 8.80. The SMILES string of the molecule is C/C=C\NC(=CCC)/C(=C\C)c1c(N)ncnc1NCC(=O)N1CCN(c2ccc(Cl)cc2)CC1.CCC. The summed E-state index contributed by atoms with van der Waals surface area (Å²) >= 11 is 6.00. The van der Waals surface area contributed by atoms with Crippen LogP contribution in [-0.2, 0) is 4.79 Å². The van der Waals surface area contributed by atoms with Gasteiger partial charge in [0.15, 0.2) is 0 Å². The fourth-order valence-electron chi connectivity index (χ4n) is 3.99. The van der Waals surface area contributed by atoms with Crippen LogP contribution < -0.4 is 21.3 Å². The van der Waals surface area contributed by atoms with Crippen molar-refractivity contribution in [3.63, 3.8) is 0 Å². The summed E-state index contributed by atoms with van der Waals surface area (Å²) in [5, 5.41) is 7.22. The van der Waals surface area contributed by atoms with Gasteiger partial charge in [-0.05, 0) is 50.7 Å². The highest BCUT2D eigenvalue weighted by Gasteiger charge is 2.22. The zero-order valence-corrected chi connectivity index (χ0v) is 24.1. The van der Waals surface area contributed by atoms with Crippen molar-refractivity contribution in [2.45, 2.75) is 47.5 Å². The summed E-state index contributed by atoms with van der Waals surface area (Å²) < 4.78 is 0. The Morgan fingerprint density at radius 1 is 1.08 bits per heavy atom. The number of nitrogens with zero attached hydrogens (tertiary/aromatic N) is 4. The van der Waals surface area contributed by atoms with Crippen molar-refractivity contribution in [2.75, 3.05) is 48.7 Å². The lowest BCUT2D eigenvalue weighted by Crippen LogP contribution is -2.50. The number of halogens is 1. The maximum atomic E-state index is 13.0. The predicted octanol–water partition coefficient (Wildman–Crippen LogP) is 5.71. The van der Waals surface area contributed by atoms with Crippen LogP contribution in [0.3, 0.4) is 0 Å². The van der Waals surface area contributed by atoms with Gasteiger partial charge in [-0.3, -0.25) is 4.79 Å². The van der Waals surface area contributed by atoms with Crippen molar-refractivity contribution in [3.8, 4) is 0 Å². The third-order valence-electron chi connectivity index (χ3n) is 5.77. The van der Waals surface area contributed by atoms with Crippen LogP contribution in [0.4, 0.5) is 17.3 Å². The molecule has 1 amide bonds. The molecule has 8 nitrogen and oxygen atoms in total. The van der Waals surface area contributed by atoms with Gasteiger partial charge < -0.3 is 26.2 Å². The van der Waals surface area contributed by atoms with Gasteiger partial charge in [-0.25, -0.2) is 9.97 Å². The molecule has 4 N–H and O–H groups in total. The maximum absolute atomic E-state index is 13.0. The Morgan fingerprint density at radius 2 is 1.74 bits per heavy atom. The van der Waals surface area contributed by atoms with Crippen LogP contribution in [0.2, 0.25) is 5.02 Å². The molecule has 0 unspecified atom stereocenters. The molecule has 1 fully saturated rings. The van der Waals surface area contributed by atoms with Crippen molar-refractivity contribution in [3.05, 3.63) is 71.3 Å². The first-order chi connectivity index (χ1) is 18.4. The summed E-state index contributed by atoms with van der Waals surface area (Å²) in [4.78, 5) is 25.7. The van der Waals surface area contributed by atoms with Crippen LogP contribution in [0.25, 0.3) is 5.57 Å². The summed E-state index contributed by atoms with van der Waals surface area (Å²) in [6.45, 7) is 13.2. The first kappa shape index (κ1) is 30.7. The molecule has 0 bridgehead atoms. The average molecular weight is 540 g/mol. The molecule has 0 atom stereocenters. The Kier molecular flexibility index (Phi) is 13.2.